The van der Waals surface area contributed by atoms with Crippen LogP contribution in [0.4, 0.5) is 5.69 Å². The number of nitrogens with one attached hydrogen (secondary N) is 1. The van der Waals surface area contributed by atoms with Crippen molar-refractivity contribution in [3.63, 3.8) is 0 Å². The minimum absolute atomic E-state index is 0.00345. The van der Waals surface area contributed by atoms with Gasteiger partial charge in [0.2, 0.25) is 11.8 Å². The topological polar surface area (TPSA) is 49.4 Å². The Kier molecular flexibility index (Phi) is 2.90. The van der Waals surface area contributed by atoms with Crippen LogP contribution < -0.4 is 5.32 Å². The summed E-state index contributed by atoms with van der Waals surface area (Å²) in [6.45, 7) is 4.35. The highest BCUT2D eigenvalue weighted by atomic mass is 16.2. The lowest BCUT2D eigenvalue weighted by Crippen LogP contribution is -2.37. The van der Waals surface area contributed by atoms with E-state index in [1.165, 1.54) is 16.0 Å². The van der Waals surface area contributed by atoms with Crippen LogP contribution in [0.2, 0.25) is 0 Å². The summed E-state index contributed by atoms with van der Waals surface area (Å²) in [6, 6.07) is 6.17. The van der Waals surface area contributed by atoms with Gasteiger partial charge in [0.15, 0.2) is 0 Å². The Labute approximate surface area is 130 Å². The smallest absolute Gasteiger partial charge is 0.235 e. The average Bonchev–Trinajstić information content (AvgIpc) is 3.11. The van der Waals surface area contributed by atoms with Crippen LogP contribution in [0.1, 0.15) is 17.5 Å². The molecule has 114 valence electrons. The monoisotopic (exact) mass is 296 g/mol. The van der Waals surface area contributed by atoms with Crippen LogP contribution >= 0.6 is 0 Å². The third kappa shape index (κ3) is 1.90. The number of aryl methyl sites for hydroxylation is 2. The van der Waals surface area contributed by atoms with E-state index in [4.69, 9.17) is 0 Å². The van der Waals surface area contributed by atoms with Gasteiger partial charge in [-0.2, -0.15) is 0 Å². The number of carbonyl (C=O) groups excluding carboxylic acids is 2. The number of hydrogen-bond acceptors (Lipinski definition) is 3. The Balaban J connectivity index is 1.50. The second kappa shape index (κ2) is 4.70. The molecule has 22 heavy (non-hydrogen) atoms. The van der Waals surface area contributed by atoms with E-state index in [9.17, 15) is 9.59 Å². The van der Waals surface area contributed by atoms with Gasteiger partial charge in [-0.05, 0) is 55.4 Å². The van der Waals surface area contributed by atoms with E-state index in [1.807, 2.05) is 26.0 Å². The highest BCUT2D eigenvalue weighted by molar-refractivity contribution is 6.06. The van der Waals surface area contributed by atoms with E-state index in [1.54, 1.807) is 0 Å². The molecule has 1 heterocycles. The minimum atomic E-state index is -0.108. The van der Waals surface area contributed by atoms with Gasteiger partial charge in [0.25, 0.3) is 0 Å². The largest absolute Gasteiger partial charge is 0.367 e. The maximum atomic E-state index is 12.6. The Bertz CT molecular complexity index is 644. The lowest BCUT2D eigenvalue weighted by molar-refractivity contribution is -0.140. The number of hydrogen-bond donors (Lipinski definition) is 1. The van der Waals surface area contributed by atoms with E-state index >= 15 is 0 Å². The summed E-state index contributed by atoms with van der Waals surface area (Å²) in [7, 11) is 0. The van der Waals surface area contributed by atoms with Crippen LogP contribution in [0.3, 0.4) is 0 Å². The highest BCUT2D eigenvalue weighted by Crippen LogP contribution is 2.52. The molecule has 4 nitrogen and oxygen atoms in total. The standard InChI is InChI=1S/C18H20N2O2/c1-10-5-11(2)7-14(6-10)19-9-20-17(21)15-12-3-4-13(8-12)16(15)18(20)22/h3-7,12-13,15-16,19H,8-9H2,1-2H3/t12-,13-,15+,16+/m1/s1. The predicted molar refractivity (Wildman–Crippen MR) is 84.0 cm³/mol. The lowest BCUT2D eigenvalue weighted by Gasteiger charge is -2.19. The molecular formula is C18H20N2O2. The summed E-state index contributed by atoms with van der Waals surface area (Å²) in [5.41, 5.74) is 3.29. The summed E-state index contributed by atoms with van der Waals surface area (Å²) < 4.78 is 0. The molecule has 1 aromatic rings. The van der Waals surface area contributed by atoms with Crippen molar-refractivity contribution in [2.45, 2.75) is 20.3 Å². The fraction of sp³-hybridized carbons (Fsp3) is 0.444. The van der Waals surface area contributed by atoms with Crippen molar-refractivity contribution >= 4 is 17.5 Å². The molecule has 0 radical (unpaired) electrons. The maximum Gasteiger partial charge on any atom is 0.235 e. The Morgan fingerprint density at radius 1 is 1.00 bits per heavy atom. The van der Waals surface area contributed by atoms with Gasteiger partial charge >= 0.3 is 0 Å². The average molecular weight is 296 g/mol. The number of allylic oxidation sites excluding steroid dienone is 2. The van der Waals surface area contributed by atoms with Crippen LogP contribution in [0, 0.1) is 37.5 Å². The molecule has 1 N–H and O–H groups in total. The molecule has 4 rings (SSSR count). The molecule has 1 saturated heterocycles. The molecule has 2 amide bonds. The SMILES string of the molecule is Cc1cc(C)cc(NCN2C(=O)[C@@H]3[C@@H](C2=O)[C@@H]2C=C[C@@H]3C2)c1. The quantitative estimate of drug-likeness (QED) is 0.688. The number of anilines is 1. The first-order valence-corrected chi connectivity index (χ1v) is 7.90. The molecule has 2 aliphatic carbocycles. The number of rotatable bonds is 3. The first-order valence-electron chi connectivity index (χ1n) is 7.90. The van der Waals surface area contributed by atoms with E-state index in [0.717, 1.165) is 12.1 Å². The summed E-state index contributed by atoms with van der Waals surface area (Å²) in [6.07, 6.45) is 5.22. The number of imide groups is 1. The third-order valence-corrected chi connectivity index (χ3v) is 5.22. The minimum Gasteiger partial charge on any atom is -0.367 e. The number of benzene rings is 1. The molecule has 2 bridgehead atoms. The molecule has 0 unspecified atom stereocenters. The molecule has 0 aromatic heterocycles. The van der Waals surface area contributed by atoms with E-state index < -0.39 is 0 Å². The van der Waals surface area contributed by atoms with Crippen LogP contribution in [-0.4, -0.2) is 23.4 Å². The summed E-state index contributed by atoms with van der Waals surface area (Å²) in [5.74, 6) is 0.342. The van der Waals surface area contributed by atoms with Crippen molar-refractivity contribution < 1.29 is 9.59 Å². The van der Waals surface area contributed by atoms with Gasteiger partial charge in [0.05, 0.1) is 18.5 Å². The van der Waals surface area contributed by atoms with Crippen LogP contribution in [0.5, 0.6) is 0 Å². The molecule has 0 spiro atoms. The normalized spacial score (nSPS) is 32.0. The van der Waals surface area contributed by atoms with E-state index in [0.29, 0.717) is 0 Å². The highest BCUT2D eigenvalue weighted by Gasteiger charge is 2.59. The van der Waals surface area contributed by atoms with Gasteiger partial charge < -0.3 is 5.32 Å². The molecule has 2 fully saturated rings. The molecule has 3 aliphatic rings. The zero-order valence-electron chi connectivity index (χ0n) is 12.9. The van der Waals surface area contributed by atoms with Crippen molar-refractivity contribution in [3.8, 4) is 0 Å². The van der Waals surface area contributed by atoms with Crippen molar-refractivity contribution in [2.24, 2.45) is 23.7 Å². The van der Waals surface area contributed by atoms with Gasteiger partial charge in [-0.25, -0.2) is 0 Å². The number of carbonyl (C=O) groups is 2. The fourth-order valence-corrected chi connectivity index (χ4v) is 4.37. The molecule has 4 atom stereocenters. The van der Waals surface area contributed by atoms with Crippen molar-refractivity contribution in [1.82, 2.24) is 4.90 Å². The zero-order chi connectivity index (χ0) is 15.4. The number of amides is 2. The first-order chi connectivity index (χ1) is 10.5. The number of fused-ring (bicyclic) bond motifs is 5. The molecule has 1 saturated carbocycles. The van der Waals surface area contributed by atoms with E-state index in [2.05, 4.69) is 23.5 Å². The number of likely N-dealkylation sites (tertiary alicyclic amines) is 1. The third-order valence-electron chi connectivity index (χ3n) is 5.22. The number of nitrogens with zero attached hydrogens (tertiary/aromatic N) is 1. The Morgan fingerprint density at radius 3 is 2.09 bits per heavy atom. The van der Waals surface area contributed by atoms with Crippen LogP contribution in [0.15, 0.2) is 30.4 Å². The second-order valence-electron chi connectivity index (χ2n) is 6.82. The first kappa shape index (κ1) is 13.6. The van der Waals surface area contributed by atoms with Gasteiger partial charge in [-0.3, -0.25) is 14.5 Å². The van der Waals surface area contributed by atoms with E-state index in [-0.39, 0.29) is 42.2 Å². The van der Waals surface area contributed by atoms with Gasteiger partial charge in [-0.15, -0.1) is 0 Å². The van der Waals surface area contributed by atoms with Crippen LogP contribution in [0.25, 0.3) is 0 Å². The second-order valence-corrected chi connectivity index (χ2v) is 6.82. The summed E-state index contributed by atoms with van der Waals surface area (Å²) in [4.78, 5) is 26.6. The fourth-order valence-electron chi connectivity index (χ4n) is 4.37. The van der Waals surface area contributed by atoms with Crippen molar-refractivity contribution in [3.05, 3.63) is 41.5 Å². The van der Waals surface area contributed by atoms with Gasteiger partial charge in [-0.1, -0.05) is 18.2 Å². The molecule has 4 heteroatoms. The van der Waals surface area contributed by atoms with Crippen molar-refractivity contribution in [2.75, 3.05) is 12.0 Å². The molecular weight excluding hydrogens is 276 g/mol. The summed E-state index contributed by atoms with van der Waals surface area (Å²) >= 11 is 0. The van der Waals surface area contributed by atoms with Gasteiger partial charge in [0, 0.05) is 5.69 Å². The van der Waals surface area contributed by atoms with Gasteiger partial charge in [0.1, 0.15) is 0 Å². The van der Waals surface area contributed by atoms with Crippen molar-refractivity contribution in [1.29, 1.82) is 0 Å². The Morgan fingerprint density at radius 2 is 1.55 bits per heavy atom. The zero-order valence-corrected chi connectivity index (χ0v) is 12.9. The predicted octanol–water partition coefficient (Wildman–Crippen LogP) is 2.48. The van der Waals surface area contributed by atoms with Crippen LogP contribution in [-0.2, 0) is 9.59 Å². The Hall–Kier alpha value is -2.10. The lowest BCUT2D eigenvalue weighted by atomic mass is 9.85. The molecule has 1 aromatic carbocycles. The maximum absolute atomic E-state index is 12.6. The summed E-state index contributed by atoms with van der Waals surface area (Å²) in [5, 5.41) is 3.23. The molecule has 1 aliphatic heterocycles.